The van der Waals surface area contributed by atoms with E-state index in [1.165, 1.54) is 0 Å². The van der Waals surface area contributed by atoms with E-state index < -0.39 is 29.0 Å². The van der Waals surface area contributed by atoms with Gasteiger partial charge < -0.3 is 14.8 Å². The van der Waals surface area contributed by atoms with E-state index in [2.05, 4.69) is 5.32 Å². The van der Waals surface area contributed by atoms with Gasteiger partial charge in [-0.3, -0.25) is 9.69 Å². The number of nitrogens with zero attached hydrogens (tertiary/aromatic N) is 1. The van der Waals surface area contributed by atoms with Crippen LogP contribution in [0, 0.1) is 17.5 Å². The lowest BCUT2D eigenvalue weighted by Gasteiger charge is -2.18. The largest absolute Gasteiger partial charge is 0.489 e. The number of fused-ring (bicyclic) bond motifs is 1. The number of likely N-dealkylation sites (N-methyl/N-ethyl adjacent to an activating group) is 1. The number of ether oxygens (including phenoxy) is 2. The Labute approximate surface area is 165 Å². The first-order valence-electron chi connectivity index (χ1n) is 8.55. The molecule has 2 aromatic carbocycles. The maximum atomic E-state index is 13.7. The molecular weight excluding hydrogens is 397 g/mol. The monoisotopic (exact) mass is 414 g/mol. The molecule has 1 aliphatic rings. The molecule has 0 spiro atoms. The predicted octanol–water partition coefficient (Wildman–Crippen LogP) is 3.99. The molecule has 0 radical (unpaired) electrons. The molecule has 0 atom stereocenters. The molecule has 9 heteroatoms. The van der Waals surface area contributed by atoms with Crippen molar-refractivity contribution in [3.05, 3.63) is 52.3 Å². The summed E-state index contributed by atoms with van der Waals surface area (Å²) < 4.78 is 51.1. The third-order valence-electron chi connectivity index (χ3n) is 4.04. The van der Waals surface area contributed by atoms with Gasteiger partial charge in [0, 0.05) is 13.0 Å². The zero-order chi connectivity index (χ0) is 20.3. The normalized spacial score (nSPS) is 13.4. The molecular formula is C19H18ClF3N2O3. The Morgan fingerprint density at radius 2 is 1.93 bits per heavy atom. The van der Waals surface area contributed by atoms with Gasteiger partial charge in [-0.2, -0.15) is 0 Å². The molecule has 5 nitrogen and oxygen atoms in total. The first-order chi connectivity index (χ1) is 13.3. The Morgan fingerprint density at radius 3 is 2.71 bits per heavy atom. The van der Waals surface area contributed by atoms with Gasteiger partial charge >= 0.3 is 0 Å². The number of amides is 1. The summed E-state index contributed by atoms with van der Waals surface area (Å²) in [6.45, 7) is 1.28. The summed E-state index contributed by atoms with van der Waals surface area (Å²) in [4.78, 5) is 13.8. The molecule has 1 amide bonds. The van der Waals surface area contributed by atoms with Crippen LogP contribution < -0.4 is 14.8 Å². The molecule has 0 fully saturated rings. The fraction of sp³-hybridized carbons (Fsp3) is 0.316. The van der Waals surface area contributed by atoms with Crippen molar-refractivity contribution in [3.63, 3.8) is 0 Å². The van der Waals surface area contributed by atoms with Crippen LogP contribution in [-0.2, 0) is 11.3 Å². The van der Waals surface area contributed by atoms with Crippen molar-refractivity contribution in [2.75, 3.05) is 32.1 Å². The lowest BCUT2D eigenvalue weighted by Crippen LogP contribution is -2.30. The van der Waals surface area contributed by atoms with E-state index in [9.17, 15) is 18.0 Å². The average molecular weight is 415 g/mol. The third-order valence-corrected chi connectivity index (χ3v) is 4.32. The Morgan fingerprint density at radius 1 is 1.18 bits per heavy atom. The van der Waals surface area contributed by atoms with Crippen molar-refractivity contribution >= 4 is 23.2 Å². The molecule has 1 aliphatic heterocycles. The van der Waals surface area contributed by atoms with Crippen LogP contribution in [0.5, 0.6) is 11.5 Å². The quantitative estimate of drug-likeness (QED) is 0.752. The number of benzene rings is 2. The first-order valence-corrected chi connectivity index (χ1v) is 8.93. The molecule has 2 aromatic rings. The summed E-state index contributed by atoms with van der Waals surface area (Å²) in [5, 5.41) is 2.64. The highest BCUT2D eigenvalue weighted by Crippen LogP contribution is 2.38. The lowest BCUT2D eigenvalue weighted by atomic mass is 10.2. The van der Waals surface area contributed by atoms with Crippen molar-refractivity contribution in [1.82, 2.24) is 4.90 Å². The van der Waals surface area contributed by atoms with Gasteiger partial charge in [0.15, 0.2) is 29.0 Å². The minimum atomic E-state index is -1.63. The van der Waals surface area contributed by atoms with Crippen LogP contribution in [0.25, 0.3) is 0 Å². The van der Waals surface area contributed by atoms with Gasteiger partial charge in [-0.1, -0.05) is 11.6 Å². The summed E-state index contributed by atoms with van der Waals surface area (Å²) in [5.74, 6) is -3.93. The number of halogens is 4. The van der Waals surface area contributed by atoms with Gasteiger partial charge in [-0.25, -0.2) is 13.2 Å². The van der Waals surface area contributed by atoms with Gasteiger partial charge in [0.25, 0.3) is 0 Å². The molecule has 0 bridgehead atoms. The first kappa shape index (κ1) is 20.3. The van der Waals surface area contributed by atoms with Crippen molar-refractivity contribution in [2.45, 2.75) is 13.0 Å². The Hall–Kier alpha value is -2.45. The second kappa shape index (κ2) is 8.70. The molecule has 0 aliphatic carbocycles. The lowest BCUT2D eigenvalue weighted by molar-refractivity contribution is -0.117. The van der Waals surface area contributed by atoms with E-state index in [1.807, 2.05) is 0 Å². The van der Waals surface area contributed by atoms with Gasteiger partial charge in [0.1, 0.15) is 0 Å². The van der Waals surface area contributed by atoms with Gasteiger partial charge in [0.2, 0.25) is 5.91 Å². The maximum absolute atomic E-state index is 13.7. The fourth-order valence-electron chi connectivity index (χ4n) is 2.80. The molecule has 0 saturated heterocycles. The second-order valence-electron chi connectivity index (χ2n) is 6.40. The topological polar surface area (TPSA) is 50.8 Å². The fourth-order valence-corrected chi connectivity index (χ4v) is 3.09. The Kier molecular flexibility index (Phi) is 6.31. The van der Waals surface area contributed by atoms with E-state index in [0.29, 0.717) is 36.3 Å². The Bertz CT molecular complexity index is 895. The average Bonchev–Trinajstić information content (AvgIpc) is 2.88. The summed E-state index contributed by atoms with van der Waals surface area (Å²) in [6, 6.07) is 5.22. The summed E-state index contributed by atoms with van der Waals surface area (Å²) in [6.07, 6.45) is 0.751. The van der Waals surface area contributed by atoms with Gasteiger partial charge in [-0.05, 0) is 36.9 Å². The highest BCUT2D eigenvalue weighted by Gasteiger charge is 2.18. The smallest absolute Gasteiger partial charge is 0.238 e. The van der Waals surface area contributed by atoms with Crippen LogP contribution >= 0.6 is 11.6 Å². The van der Waals surface area contributed by atoms with Crippen LogP contribution in [0.15, 0.2) is 24.3 Å². The standard InChI is InChI=1S/C19H18ClF3N2O3/c1-25(10-16(26)24-14-4-3-13(21)17(22)18(14)23)9-11-7-12(20)19-15(8-11)27-5-2-6-28-19/h3-4,7-8H,2,5-6,9-10H2,1H3,(H,24,26). The number of carbonyl (C=O) groups excluding carboxylic acids is 1. The minimum Gasteiger partial charge on any atom is -0.489 e. The molecule has 28 heavy (non-hydrogen) atoms. The van der Waals surface area contributed by atoms with E-state index in [4.69, 9.17) is 21.1 Å². The van der Waals surface area contributed by atoms with Crippen molar-refractivity contribution in [3.8, 4) is 11.5 Å². The van der Waals surface area contributed by atoms with E-state index in [-0.39, 0.29) is 6.54 Å². The number of nitrogens with one attached hydrogen (secondary N) is 1. The predicted molar refractivity (Wildman–Crippen MR) is 98.3 cm³/mol. The number of carbonyl (C=O) groups is 1. The van der Waals surface area contributed by atoms with Gasteiger partial charge in [0.05, 0.1) is 30.5 Å². The number of rotatable bonds is 5. The molecule has 0 saturated carbocycles. The molecule has 1 heterocycles. The van der Waals surface area contributed by atoms with E-state index in [0.717, 1.165) is 24.1 Å². The zero-order valence-corrected chi connectivity index (χ0v) is 15.8. The van der Waals surface area contributed by atoms with E-state index in [1.54, 1.807) is 24.1 Å². The van der Waals surface area contributed by atoms with Crippen LogP contribution in [0.4, 0.5) is 18.9 Å². The summed E-state index contributed by atoms with van der Waals surface area (Å²) in [7, 11) is 1.68. The van der Waals surface area contributed by atoms with Crippen molar-refractivity contribution in [1.29, 1.82) is 0 Å². The third kappa shape index (κ3) is 4.69. The highest BCUT2D eigenvalue weighted by molar-refractivity contribution is 6.32. The van der Waals surface area contributed by atoms with E-state index >= 15 is 0 Å². The van der Waals surface area contributed by atoms with Crippen LogP contribution in [0.3, 0.4) is 0 Å². The van der Waals surface area contributed by atoms with Crippen LogP contribution in [0.2, 0.25) is 5.02 Å². The molecule has 3 rings (SSSR count). The van der Waals surface area contributed by atoms with Crippen molar-refractivity contribution in [2.24, 2.45) is 0 Å². The molecule has 150 valence electrons. The molecule has 0 unspecified atom stereocenters. The minimum absolute atomic E-state index is 0.107. The molecule has 1 N–H and O–H groups in total. The number of hydrogen-bond acceptors (Lipinski definition) is 4. The van der Waals surface area contributed by atoms with Gasteiger partial charge in [-0.15, -0.1) is 0 Å². The zero-order valence-electron chi connectivity index (χ0n) is 15.0. The van der Waals surface area contributed by atoms with Crippen LogP contribution in [-0.4, -0.2) is 37.6 Å². The number of anilines is 1. The second-order valence-corrected chi connectivity index (χ2v) is 6.81. The number of hydrogen-bond donors (Lipinski definition) is 1. The van der Waals surface area contributed by atoms with Crippen LogP contribution in [0.1, 0.15) is 12.0 Å². The highest BCUT2D eigenvalue weighted by atomic mass is 35.5. The summed E-state index contributed by atoms with van der Waals surface area (Å²) >= 11 is 6.25. The maximum Gasteiger partial charge on any atom is 0.238 e. The Balaban J connectivity index is 1.63. The molecule has 0 aromatic heterocycles. The summed E-state index contributed by atoms with van der Waals surface area (Å²) in [5.41, 5.74) is 0.375. The van der Waals surface area contributed by atoms with Crippen molar-refractivity contribution < 1.29 is 27.4 Å². The SMILES string of the molecule is CN(CC(=O)Nc1ccc(F)c(F)c1F)Cc1cc(Cl)c2c(c1)OCCCO2.